The van der Waals surface area contributed by atoms with Crippen LogP contribution < -0.4 is 15.8 Å². The SMILES string of the molecule is CCN(CC)CCCNc1cccc(OC(C)C)c1N. The number of benzene rings is 1. The Kier molecular flexibility index (Phi) is 7.23. The van der Waals surface area contributed by atoms with Gasteiger partial charge in [-0.1, -0.05) is 19.9 Å². The summed E-state index contributed by atoms with van der Waals surface area (Å²) in [5.74, 6) is 0.758. The molecule has 20 heavy (non-hydrogen) atoms. The Hall–Kier alpha value is -1.42. The Labute approximate surface area is 123 Å². The molecule has 0 amide bonds. The molecule has 0 bridgehead atoms. The van der Waals surface area contributed by atoms with Gasteiger partial charge in [0.1, 0.15) is 5.75 Å². The van der Waals surface area contributed by atoms with E-state index in [9.17, 15) is 0 Å². The molecule has 0 atom stereocenters. The van der Waals surface area contributed by atoms with Gasteiger partial charge in [0.25, 0.3) is 0 Å². The van der Waals surface area contributed by atoms with Gasteiger partial charge in [0.2, 0.25) is 0 Å². The molecule has 4 heteroatoms. The summed E-state index contributed by atoms with van der Waals surface area (Å²) in [5, 5.41) is 3.40. The largest absolute Gasteiger partial charge is 0.489 e. The average Bonchev–Trinajstić information content (AvgIpc) is 2.42. The molecule has 0 saturated carbocycles. The van der Waals surface area contributed by atoms with Crippen LogP contribution >= 0.6 is 0 Å². The van der Waals surface area contributed by atoms with Crippen molar-refractivity contribution in [2.45, 2.75) is 40.2 Å². The molecule has 114 valence electrons. The lowest BCUT2D eigenvalue weighted by atomic mass is 10.2. The summed E-state index contributed by atoms with van der Waals surface area (Å²) in [4.78, 5) is 2.42. The Morgan fingerprint density at radius 2 is 1.95 bits per heavy atom. The minimum Gasteiger partial charge on any atom is -0.489 e. The van der Waals surface area contributed by atoms with Crippen molar-refractivity contribution in [2.75, 3.05) is 37.2 Å². The summed E-state index contributed by atoms with van der Waals surface area (Å²) in [5.41, 5.74) is 7.79. The van der Waals surface area contributed by atoms with E-state index in [0.717, 1.165) is 44.0 Å². The van der Waals surface area contributed by atoms with Crippen molar-refractivity contribution in [3.8, 4) is 5.75 Å². The lowest BCUT2D eigenvalue weighted by Crippen LogP contribution is -2.25. The van der Waals surface area contributed by atoms with E-state index in [1.165, 1.54) is 0 Å². The fourth-order valence-electron chi connectivity index (χ4n) is 2.12. The van der Waals surface area contributed by atoms with Gasteiger partial charge >= 0.3 is 0 Å². The fourth-order valence-corrected chi connectivity index (χ4v) is 2.12. The Bertz CT molecular complexity index is 389. The number of ether oxygens (including phenoxy) is 1. The quantitative estimate of drug-likeness (QED) is 0.538. The van der Waals surface area contributed by atoms with E-state index in [-0.39, 0.29) is 6.10 Å². The van der Waals surface area contributed by atoms with E-state index in [0.29, 0.717) is 5.69 Å². The summed E-state index contributed by atoms with van der Waals surface area (Å²) in [7, 11) is 0. The molecule has 4 nitrogen and oxygen atoms in total. The molecule has 0 spiro atoms. The zero-order valence-corrected chi connectivity index (χ0v) is 13.3. The van der Waals surface area contributed by atoms with Crippen LogP contribution in [-0.4, -0.2) is 37.2 Å². The third-order valence-corrected chi connectivity index (χ3v) is 3.29. The first kappa shape index (κ1) is 16.6. The topological polar surface area (TPSA) is 50.5 Å². The molecule has 1 aromatic carbocycles. The number of hydrogen-bond acceptors (Lipinski definition) is 4. The van der Waals surface area contributed by atoms with E-state index >= 15 is 0 Å². The summed E-state index contributed by atoms with van der Waals surface area (Å²) >= 11 is 0. The van der Waals surface area contributed by atoms with Crippen molar-refractivity contribution in [1.82, 2.24) is 4.90 Å². The smallest absolute Gasteiger partial charge is 0.144 e. The summed E-state index contributed by atoms with van der Waals surface area (Å²) in [6.45, 7) is 12.6. The normalized spacial score (nSPS) is 11.1. The lowest BCUT2D eigenvalue weighted by Gasteiger charge is -2.19. The summed E-state index contributed by atoms with van der Waals surface area (Å²) < 4.78 is 5.69. The molecule has 3 N–H and O–H groups in total. The van der Waals surface area contributed by atoms with Crippen LogP contribution in [0.3, 0.4) is 0 Å². The maximum absolute atomic E-state index is 6.13. The van der Waals surface area contributed by atoms with E-state index in [1.807, 2.05) is 32.0 Å². The molecule has 0 fully saturated rings. The van der Waals surface area contributed by atoms with Gasteiger partial charge in [-0.05, 0) is 52.0 Å². The minimum absolute atomic E-state index is 0.134. The number of nitrogen functional groups attached to an aromatic ring is 1. The molecule has 0 aromatic heterocycles. The van der Waals surface area contributed by atoms with Crippen molar-refractivity contribution in [1.29, 1.82) is 0 Å². The summed E-state index contributed by atoms with van der Waals surface area (Å²) in [6, 6.07) is 5.89. The predicted molar refractivity (Wildman–Crippen MR) is 87.5 cm³/mol. The van der Waals surface area contributed by atoms with Gasteiger partial charge in [0, 0.05) is 6.54 Å². The highest BCUT2D eigenvalue weighted by atomic mass is 16.5. The third kappa shape index (κ3) is 5.29. The monoisotopic (exact) mass is 279 g/mol. The van der Waals surface area contributed by atoms with Crippen LogP contribution in [0.2, 0.25) is 0 Å². The molecule has 0 radical (unpaired) electrons. The second-order valence-corrected chi connectivity index (χ2v) is 5.19. The lowest BCUT2D eigenvalue weighted by molar-refractivity contribution is 0.244. The number of para-hydroxylation sites is 1. The van der Waals surface area contributed by atoms with Crippen molar-refractivity contribution < 1.29 is 4.74 Å². The van der Waals surface area contributed by atoms with Crippen LogP contribution in [0.1, 0.15) is 34.1 Å². The minimum atomic E-state index is 0.134. The second kappa shape index (κ2) is 8.69. The van der Waals surface area contributed by atoms with Gasteiger partial charge in [0.15, 0.2) is 0 Å². The van der Waals surface area contributed by atoms with Gasteiger partial charge in [-0.25, -0.2) is 0 Å². The van der Waals surface area contributed by atoms with Gasteiger partial charge < -0.3 is 20.7 Å². The predicted octanol–water partition coefficient (Wildman–Crippen LogP) is 3.20. The summed E-state index contributed by atoms with van der Waals surface area (Å²) in [6.07, 6.45) is 1.24. The number of rotatable bonds is 9. The first-order valence-electron chi connectivity index (χ1n) is 7.59. The fraction of sp³-hybridized carbons (Fsp3) is 0.625. The maximum Gasteiger partial charge on any atom is 0.144 e. The van der Waals surface area contributed by atoms with Crippen LogP contribution in [-0.2, 0) is 0 Å². The number of nitrogens with two attached hydrogens (primary N) is 1. The first-order chi connectivity index (χ1) is 9.58. The van der Waals surface area contributed by atoms with E-state index in [1.54, 1.807) is 0 Å². The Morgan fingerprint density at radius 1 is 1.25 bits per heavy atom. The number of nitrogens with one attached hydrogen (secondary N) is 1. The van der Waals surface area contributed by atoms with Crippen LogP contribution in [0.4, 0.5) is 11.4 Å². The maximum atomic E-state index is 6.13. The highest BCUT2D eigenvalue weighted by molar-refractivity contribution is 5.72. The third-order valence-electron chi connectivity index (χ3n) is 3.29. The second-order valence-electron chi connectivity index (χ2n) is 5.19. The molecule has 0 aliphatic carbocycles. The van der Waals surface area contributed by atoms with Crippen molar-refractivity contribution in [3.63, 3.8) is 0 Å². The molecule has 0 unspecified atom stereocenters. The number of nitrogens with zero attached hydrogens (tertiary/aromatic N) is 1. The van der Waals surface area contributed by atoms with E-state index in [4.69, 9.17) is 10.5 Å². The standard InChI is InChI=1S/C16H29N3O/c1-5-19(6-2)12-8-11-18-14-9-7-10-15(16(14)17)20-13(3)4/h7,9-10,13,18H,5-6,8,11-12,17H2,1-4H3. The van der Waals surface area contributed by atoms with Gasteiger partial charge in [0.05, 0.1) is 17.5 Å². The van der Waals surface area contributed by atoms with Crippen molar-refractivity contribution >= 4 is 11.4 Å². The van der Waals surface area contributed by atoms with Crippen molar-refractivity contribution in [3.05, 3.63) is 18.2 Å². The molecular weight excluding hydrogens is 250 g/mol. The zero-order chi connectivity index (χ0) is 15.0. The van der Waals surface area contributed by atoms with Crippen LogP contribution in [0.15, 0.2) is 18.2 Å². The number of anilines is 2. The molecule has 1 aromatic rings. The van der Waals surface area contributed by atoms with Gasteiger partial charge in [-0.3, -0.25) is 0 Å². The zero-order valence-electron chi connectivity index (χ0n) is 13.3. The molecular formula is C16H29N3O. The Balaban J connectivity index is 2.48. The molecule has 0 aliphatic rings. The number of hydrogen-bond donors (Lipinski definition) is 2. The molecule has 1 rings (SSSR count). The van der Waals surface area contributed by atoms with Crippen LogP contribution in [0, 0.1) is 0 Å². The highest BCUT2D eigenvalue weighted by Gasteiger charge is 2.07. The van der Waals surface area contributed by atoms with Gasteiger partial charge in [-0.2, -0.15) is 0 Å². The van der Waals surface area contributed by atoms with Crippen molar-refractivity contribution in [2.24, 2.45) is 0 Å². The molecule has 0 saturated heterocycles. The van der Waals surface area contributed by atoms with E-state index in [2.05, 4.69) is 24.1 Å². The first-order valence-corrected chi connectivity index (χ1v) is 7.59. The van der Waals surface area contributed by atoms with Gasteiger partial charge in [-0.15, -0.1) is 0 Å². The highest BCUT2D eigenvalue weighted by Crippen LogP contribution is 2.29. The van der Waals surface area contributed by atoms with E-state index < -0.39 is 0 Å². The average molecular weight is 279 g/mol. The molecule has 0 aliphatic heterocycles. The molecule has 0 heterocycles. The van der Waals surface area contributed by atoms with Crippen LogP contribution in [0.25, 0.3) is 0 Å². The Morgan fingerprint density at radius 3 is 2.55 bits per heavy atom. The van der Waals surface area contributed by atoms with Crippen LogP contribution in [0.5, 0.6) is 5.75 Å².